The number of hydrogen-bond donors (Lipinski definition) is 2. The predicted molar refractivity (Wildman–Crippen MR) is 137 cm³/mol. The van der Waals surface area contributed by atoms with Crippen LogP contribution in [0.1, 0.15) is 43.7 Å². The zero-order valence-electron chi connectivity index (χ0n) is 20.4. The number of piperidine rings is 1. The molecule has 6 nitrogen and oxygen atoms in total. The minimum Gasteiger partial charge on any atom is -0.508 e. The standard InChI is InChI=1S/C27H32Cl2N2O4/c1-18(32)35-27-10-9-21(30-25(34)14-19-7-8-23(28)24(29)13-19)16-26(27,11-12-31(2,3)17-27)20-5-4-6-22(33)15-20/h4-8,13,15,21H,9-12,14,16-17H2,1-3H3,(H-,30,33,34)/p+1/t21-,26+,27+/m1/s1. The smallest absolute Gasteiger partial charge is 0.303 e. The predicted octanol–water partition coefficient (Wildman–Crippen LogP) is 4.63. The normalized spacial score (nSPS) is 27.5. The summed E-state index contributed by atoms with van der Waals surface area (Å²) >= 11 is 12.1. The van der Waals surface area contributed by atoms with E-state index >= 15 is 0 Å². The Kier molecular flexibility index (Phi) is 7.11. The van der Waals surface area contributed by atoms with Crippen molar-refractivity contribution in [3.63, 3.8) is 0 Å². The molecule has 0 radical (unpaired) electrons. The number of rotatable bonds is 5. The number of likely N-dealkylation sites (tertiary alicyclic amines) is 1. The number of halogens is 2. The lowest BCUT2D eigenvalue weighted by Crippen LogP contribution is -2.71. The lowest BCUT2D eigenvalue weighted by Gasteiger charge is -2.60. The van der Waals surface area contributed by atoms with Gasteiger partial charge in [-0.1, -0.05) is 41.4 Å². The number of phenols is 1. The zero-order valence-corrected chi connectivity index (χ0v) is 22.0. The third-order valence-corrected chi connectivity index (χ3v) is 8.38. The molecule has 0 bridgehead atoms. The molecule has 3 atom stereocenters. The Balaban J connectivity index is 1.64. The Morgan fingerprint density at radius 3 is 2.60 bits per heavy atom. The molecule has 8 heteroatoms. The second kappa shape index (κ2) is 9.64. The van der Waals surface area contributed by atoms with Gasteiger partial charge < -0.3 is 19.6 Å². The second-order valence-corrected chi connectivity index (χ2v) is 11.5. The van der Waals surface area contributed by atoms with Crippen molar-refractivity contribution in [2.45, 2.75) is 56.1 Å². The maximum absolute atomic E-state index is 13.0. The van der Waals surface area contributed by atoms with Crippen LogP contribution >= 0.6 is 23.2 Å². The molecule has 4 rings (SSSR count). The van der Waals surface area contributed by atoms with Gasteiger partial charge in [0.1, 0.15) is 12.3 Å². The van der Waals surface area contributed by atoms with Crippen molar-refractivity contribution in [3.05, 3.63) is 63.6 Å². The third-order valence-electron chi connectivity index (χ3n) is 7.64. The molecule has 0 aromatic heterocycles. The fourth-order valence-corrected chi connectivity index (χ4v) is 6.52. The van der Waals surface area contributed by atoms with Crippen LogP contribution in [-0.2, 0) is 26.2 Å². The number of nitrogens with zero attached hydrogens (tertiary/aromatic N) is 1. The summed E-state index contributed by atoms with van der Waals surface area (Å²) in [5.74, 6) is -0.219. The summed E-state index contributed by atoms with van der Waals surface area (Å²) in [5, 5.41) is 14.4. The highest BCUT2D eigenvalue weighted by Crippen LogP contribution is 2.54. The number of carbonyl (C=O) groups is 2. The monoisotopic (exact) mass is 519 g/mol. The van der Waals surface area contributed by atoms with E-state index in [0.29, 0.717) is 35.9 Å². The molecule has 2 aromatic rings. The number of nitrogens with one attached hydrogen (secondary N) is 1. The van der Waals surface area contributed by atoms with Crippen LogP contribution in [0.15, 0.2) is 42.5 Å². The van der Waals surface area contributed by atoms with E-state index in [2.05, 4.69) is 19.4 Å². The van der Waals surface area contributed by atoms with Crippen LogP contribution in [-0.4, -0.2) is 60.3 Å². The molecule has 2 aliphatic rings. The number of phenolic OH excluding ortho intramolecular Hbond substituents is 1. The largest absolute Gasteiger partial charge is 0.508 e. The highest BCUT2D eigenvalue weighted by atomic mass is 35.5. The van der Waals surface area contributed by atoms with Crippen LogP contribution in [0.5, 0.6) is 5.75 Å². The van der Waals surface area contributed by atoms with E-state index in [4.69, 9.17) is 27.9 Å². The van der Waals surface area contributed by atoms with Crippen LogP contribution in [0.4, 0.5) is 0 Å². The number of quaternary nitrogens is 1. The molecule has 0 unspecified atom stereocenters. The van der Waals surface area contributed by atoms with Gasteiger partial charge in [0.25, 0.3) is 0 Å². The van der Waals surface area contributed by atoms with Crippen molar-refractivity contribution in [1.82, 2.24) is 5.32 Å². The summed E-state index contributed by atoms with van der Waals surface area (Å²) in [7, 11) is 4.31. The molecule has 35 heavy (non-hydrogen) atoms. The first kappa shape index (κ1) is 25.8. The first-order valence-corrected chi connectivity index (χ1v) is 12.7. The van der Waals surface area contributed by atoms with Gasteiger partial charge in [0.15, 0.2) is 5.60 Å². The van der Waals surface area contributed by atoms with E-state index in [9.17, 15) is 14.7 Å². The third kappa shape index (κ3) is 5.30. The van der Waals surface area contributed by atoms with Gasteiger partial charge in [-0.05, 0) is 54.7 Å². The molecule has 1 amide bonds. The molecule has 188 valence electrons. The van der Waals surface area contributed by atoms with Gasteiger partial charge in [0.2, 0.25) is 5.91 Å². The minimum absolute atomic E-state index is 0.0913. The van der Waals surface area contributed by atoms with Crippen LogP contribution in [0, 0.1) is 0 Å². The number of hydrogen-bond acceptors (Lipinski definition) is 4. The highest BCUT2D eigenvalue weighted by Gasteiger charge is 2.64. The summed E-state index contributed by atoms with van der Waals surface area (Å²) in [6, 6.07) is 12.4. The topological polar surface area (TPSA) is 75.6 Å². The van der Waals surface area contributed by atoms with Crippen molar-refractivity contribution >= 4 is 35.1 Å². The number of fused-ring (bicyclic) bond motifs is 1. The molecule has 2 N–H and O–H groups in total. The number of aromatic hydroxyl groups is 1. The van der Waals surface area contributed by atoms with Crippen molar-refractivity contribution < 1.29 is 23.9 Å². The molecule has 1 heterocycles. The Labute approximate surface area is 216 Å². The number of benzene rings is 2. The first-order chi connectivity index (χ1) is 16.4. The van der Waals surface area contributed by atoms with Gasteiger partial charge >= 0.3 is 5.97 Å². The van der Waals surface area contributed by atoms with Crippen molar-refractivity contribution in [1.29, 1.82) is 0 Å². The second-order valence-electron chi connectivity index (χ2n) is 10.7. The Bertz CT molecular complexity index is 1140. The van der Waals surface area contributed by atoms with Gasteiger partial charge in [-0.25, -0.2) is 0 Å². The average Bonchev–Trinajstić information content (AvgIpc) is 2.76. The van der Waals surface area contributed by atoms with Crippen LogP contribution in [0.2, 0.25) is 10.0 Å². The summed E-state index contributed by atoms with van der Waals surface area (Å²) < 4.78 is 6.95. The number of amides is 1. The summed E-state index contributed by atoms with van der Waals surface area (Å²) in [4.78, 5) is 25.3. The molecular weight excluding hydrogens is 487 g/mol. The first-order valence-electron chi connectivity index (χ1n) is 12.0. The van der Waals surface area contributed by atoms with E-state index in [-0.39, 0.29) is 30.1 Å². The van der Waals surface area contributed by atoms with E-state index < -0.39 is 11.0 Å². The van der Waals surface area contributed by atoms with Crippen LogP contribution in [0.3, 0.4) is 0 Å². The lowest BCUT2D eigenvalue weighted by atomic mass is 9.54. The van der Waals surface area contributed by atoms with Crippen molar-refractivity contribution in [3.8, 4) is 5.75 Å². The highest BCUT2D eigenvalue weighted by molar-refractivity contribution is 6.42. The van der Waals surface area contributed by atoms with Crippen LogP contribution < -0.4 is 5.32 Å². The number of likely N-dealkylation sites (N-methyl/N-ethyl adjacent to an activating group) is 1. The fraction of sp³-hybridized carbons (Fsp3) is 0.481. The van der Waals surface area contributed by atoms with Crippen LogP contribution in [0.25, 0.3) is 0 Å². The summed E-state index contributed by atoms with van der Waals surface area (Å²) in [5.41, 5.74) is 0.493. The molecule has 1 saturated heterocycles. The van der Waals surface area contributed by atoms with Gasteiger partial charge in [0, 0.05) is 24.8 Å². The summed E-state index contributed by atoms with van der Waals surface area (Å²) in [6.07, 6.45) is 2.92. The molecule has 2 aromatic carbocycles. The Hall–Kier alpha value is -2.28. The van der Waals surface area contributed by atoms with Gasteiger partial charge in [0.05, 0.1) is 37.1 Å². The number of esters is 1. The molecule has 2 fully saturated rings. The maximum atomic E-state index is 13.0. The summed E-state index contributed by atoms with van der Waals surface area (Å²) in [6.45, 7) is 3.02. The van der Waals surface area contributed by atoms with Crippen molar-refractivity contribution in [2.24, 2.45) is 0 Å². The molecule has 0 spiro atoms. The molecule has 1 aliphatic carbocycles. The average molecular weight is 520 g/mol. The van der Waals surface area contributed by atoms with E-state index in [1.807, 2.05) is 12.1 Å². The van der Waals surface area contributed by atoms with Gasteiger partial charge in [-0.2, -0.15) is 0 Å². The van der Waals surface area contributed by atoms with E-state index in [1.54, 1.807) is 30.3 Å². The molecule has 1 aliphatic heterocycles. The number of carbonyl (C=O) groups excluding carboxylic acids is 2. The van der Waals surface area contributed by atoms with Gasteiger partial charge in [-0.15, -0.1) is 0 Å². The van der Waals surface area contributed by atoms with E-state index in [1.165, 1.54) is 6.92 Å². The SMILES string of the molecule is CC(=O)O[C@]12CC[C@@H](NC(=O)Cc3ccc(Cl)c(Cl)c3)C[C@]1(c1cccc(O)c1)CC[N+](C)(C)C2. The van der Waals surface area contributed by atoms with E-state index in [0.717, 1.165) is 28.6 Å². The Morgan fingerprint density at radius 2 is 1.91 bits per heavy atom. The van der Waals surface area contributed by atoms with Crippen molar-refractivity contribution in [2.75, 3.05) is 27.2 Å². The zero-order chi connectivity index (χ0) is 25.4. The number of ether oxygens (including phenoxy) is 1. The maximum Gasteiger partial charge on any atom is 0.303 e. The fourth-order valence-electron chi connectivity index (χ4n) is 6.20. The molecular formula is C27H33Cl2N2O4+. The quantitative estimate of drug-likeness (QED) is 0.446. The molecule has 1 saturated carbocycles. The Morgan fingerprint density at radius 1 is 1.14 bits per heavy atom. The minimum atomic E-state index is -0.723. The lowest BCUT2D eigenvalue weighted by molar-refractivity contribution is -0.904. The van der Waals surface area contributed by atoms with Gasteiger partial charge in [-0.3, -0.25) is 9.59 Å².